The molecule has 1 amide bonds. The minimum absolute atomic E-state index is 0.0265. The number of hydrogen-bond acceptors (Lipinski definition) is 3. The zero-order valence-corrected chi connectivity index (χ0v) is 17.7. The zero-order valence-electron chi connectivity index (χ0n) is 16.9. The van der Waals surface area contributed by atoms with Crippen molar-refractivity contribution in [3.05, 3.63) is 59.2 Å². The molecule has 4 rings (SSSR count). The first kappa shape index (κ1) is 20.1. The maximum absolute atomic E-state index is 13.1. The predicted molar refractivity (Wildman–Crippen MR) is 114 cm³/mol. The first-order chi connectivity index (χ1) is 13.9. The van der Waals surface area contributed by atoms with E-state index in [0.29, 0.717) is 30.8 Å². The molecule has 6 heteroatoms. The van der Waals surface area contributed by atoms with E-state index in [2.05, 4.69) is 5.32 Å². The normalized spacial score (nSPS) is 18.2. The summed E-state index contributed by atoms with van der Waals surface area (Å²) in [5.41, 5.74) is 4.33. The smallest absolute Gasteiger partial charge is 0.243 e. The van der Waals surface area contributed by atoms with Crippen LogP contribution in [0, 0.1) is 12.8 Å². The second kappa shape index (κ2) is 8.28. The van der Waals surface area contributed by atoms with E-state index in [0.717, 1.165) is 30.5 Å². The van der Waals surface area contributed by atoms with Gasteiger partial charge in [-0.2, -0.15) is 4.31 Å². The van der Waals surface area contributed by atoms with Gasteiger partial charge in [0, 0.05) is 24.7 Å². The molecule has 0 spiro atoms. The maximum Gasteiger partial charge on any atom is 0.243 e. The number of carbonyl (C=O) groups excluding carboxylic acids is 1. The molecule has 2 aromatic rings. The SMILES string of the molecule is Cc1cccc(NC(=O)C2CCN(S(=O)(=O)c3ccc4c(c3)CCCC4)CC2)c1. The third kappa shape index (κ3) is 4.38. The van der Waals surface area contributed by atoms with Gasteiger partial charge in [-0.25, -0.2) is 8.42 Å². The number of fused-ring (bicyclic) bond motifs is 1. The lowest BCUT2D eigenvalue weighted by Gasteiger charge is -2.31. The fourth-order valence-corrected chi connectivity index (χ4v) is 5.87. The zero-order chi connectivity index (χ0) is 20.4. The van der Waals surface area contributed by atoms with E-state index in [-0.39, 0.29) is 11.8 Å². The number of carbonyl (C=O) groups is 1. The lowest BCUT2D eigenvalue weighted by atomic mass is 9.92. The quantitative estimate of drug-likeness (QED) is 0.828. The van der Waals surface area contributed by atoms with Crippen LogP contribution in [0.1, 0.15) is 42.4 Å². The number of anilines is 1. The van der Waals surface area contributed by atoms with Crippen LogP contribution in [0.15, 0.2) is 47.4 Å². The Labute approximate surface area is 173 Å². The van der Waals surface area contributed by atoms with Gasteiger partial charge in [0.15, 0.2) is 0 Å². The molecule has 0 unspecified atom stereocenters. The summed E-state index contributed by atoms with van der Waals surface area (Å²) in [7, 11) is -3.51. The molecule has 1 N–H and O–H groups in total. The minimum atomic E-state index is -3.51. The Morgan fingerprint density at radius 1 is 1.00 bits per heavy atom. The van der Waals surface area contributed by atoms with Crippen LogP contribution in [-0.2, 0) is 27.7 Å². The standard InChI is InChI=1S/C23H28N2O3S/c1-17-5-4-8-21(15-17)24-23(26)19-11-13-25(14-12-19)29(27,28)22-10-9-18-6-2-3-7-20(18)16-22/h4-5,8-10,15-16,19H,2-3,6-7,11-14H2,1H3,(H,24,26). The minimum Gasteiger partial charge on any atom is -0.326 e. The molecule has 1 aliphatic heterocycles. The van der Waals surface area contributed by atoms with Crippen molar-refractivity contribution in [1.29, 1.82) is 0 Å². The molecule has 2 aliphatic rings. The molecule has 0 radical (unpaired) electrons. The maximum atomic E-state index is 13.1. The first-order valence-corrected chi connectivity index (χ1v) is 11.9. The van der Waals surface area contributed by atoms with Crippen molar-refractivity contribution >= 4 is 21.6 Å². The summed E-state index contributed by atoms with van der Waals surface area (Å²) in [5, 5.41) is 2.96. The van der Waals surface area contributed by atoms with E-state index >= 15 is 0 Å². The van der Waals surface area contributed by atoms with E-state index in [4.69, 9.17) is 0 Å². The molecule has 1 saturated heterocycles. The summed E-state index contributed by atoms with van der Waals surface area (Å²) in [5.74, 6) is -0.188. The van der Waals surface area contributed by atoms with E-state index in [9.17, 15) is 13.2 Å². The fraction of sp³-hybridized carbons (Fsp3) is 0.435. The van der Waals surface area contributed by atoms with Gasteiger partial charge in [-0.1, -0.05) is 18.2 Å². The van der Waals surface area contributed by atoms with Crippen LogP contribution in [0.4, 0.5) is 5.69 Å². The Balaban J connectivity index is 1.40. The molecule has 0 saturated carbocycles. The molecular weight excluding hydrogens is 384 g/mol. The Morgan fingerprint density at radius 2 is 1.72 bits per heavy atom. The average Bonchev–Trinajstić information content (AvgIpc) is 2.73. The molecule has 154 valence electrons. The van der Waals surface area contributed by atoms with Gasteiger partial charge >= 0.3 is 0 Å². The summed E-state index contributed by atoms with van der Waals surface area (Å²) in [6, 6.07) is 13.3. The van der Waals surface area contributed by atoms with Crippen molar-refractivity contribution in [2.24, 2.45) is 5.92 Å². The van der Waals surface area contributed by atoms with Crippen LogP contribution in [-0.4, -0.2) is 31.7 Å². The van der Waals surface area contributed by atoms with Crippen molar-refractivity contribution in [2.45, 2.75) is 50.3 Å². The molecule has 1 aliphatic carbocycles. The van der Waals surface area contributed by atoms with Gasteiger partial charge in [-0.15, -0.1) is 0 Å². The number of piperidine rings is 1. The predicted octanol–water partition coefficient (Wildman–Crippen LogP) is 3.91. The molecule has 1 fully saturated rings. The van der Waals surface area contributed by atoms with Gasteiger partial charge in [0.2, 0.25) is 15.9 Å². The molecule has 29 heavy (non-hydrogen) atoms. The van der Waals surface area contributed by atoms with Gasteiger partial charge < -0.3 is 5.32 Å². The van der Waals surface area contributed by atoms with Crippen LogP contribution < -0.4 is 5.32 Å². The van der Waals surface area contributed by atoms with Crippen LogP contribution >= 0.6 is 0 Å². The Kier molecular flexibility index (Phi) is 5.74. The number of nitrogens with one attached hydrogen (secondary N) is 1. The molecule has 5 nitrogen and oxygen atoms in total. The van der Waals surface area contributed by atoms with Crippen molar-refractivity contribution in [3.8, 4) is 0 Å². The summed E-state index contributed by atoms with van der Waals surface area (Å²) in [4.78, 5) is 13.0. The Hall–Kier alpha value is -2.18. The highest BCUT2D eigenvalue weighted by Gasteiger charge is 2.32. The van der Waals surface area contributed by atoms with Gasteiger partial charge in [-0.05, 0) is 86.4 Å². The summed E-state index contributed by atoms with van der Waals surface area (Å²) < 4.78 is 27.7. The lowest BCUT2D eigenvalue weighted by molar-refractivity contribution is -0.120. The second-order valence-corrected chi connectivity index (χ2v) is 10.1. The van der Waals surface area contributed by atoms with Gasteiger partial charge in [0.05, 0.1) is 4.90 Å². The summed E-state index contributed by atoms with van der Waals surface area (Å²) >= 11 is 0. The molecule has 1 heterocycles. The van der Waals surface area contributed by atoms with Crippen molar-refractivity contribution < 1.29 is 13.2 Å². The lowest BCUT2D eigenvalue weighted by Crippen LogP contribution is -2.41. The van der Waals surface area contributed by atoms with Gasteiger partial charge in [0.25, 0.3) is 0 Å². The number of sulfonamides is 1. The fourth-order valence-electron chi connectivity index (χ4n) is 4.34. The van der Waals surface area contributed by atoms with E-state index < -0.39 is 10.0 Å². The number of amides is 1. The number of rotatable bonds is 4. The monoisotopic (exact) mass is 412 g/mol. The molecule has 0 aromatic heterocycles. The van der Waals surface area contributed by atoms with E-state index in [1.165, 1.54) is 21.9 Å². The largest absolute Gasteiger partial charge is 0.326 e. The third-order valence-electron chi connectivity index (χ3n) is 6.07. The van der Waals surface area contributed by atoms with Crippen LogP contribution in [0.25, 0.3) is 0 Å². The van der Waals surface area contributed by atoms with Crippen LogP contribution in [0.3, 0.4) is 0 Å². The third-order valence-corrected chi connectivity index (χ3v) is 7.96. The molecule has 0 bridgehead atoms. The number of hydrogen-bond donors (Lipinski definition) is 1. The topological polar surface area (TPSA) is 66.5 Å². The first-order valence-electron chi connectivity index (χ1n) is 10.4. The van der Waals surface area contributed by atoms with Crippen LogP contribution in [0.2, 0.25) is 0 Å². The number of aryl methyl sites for hydroxylation is 3. The average molecular weight is 413 g/mol. The Morgan fingerprint density at radius 3 is 2.45 bits per heavy atom. The number of benzene rings is 2. The molecule has 2 aromatic carbocycles. The van der Waals surface area contributed by atoms with Crippen molar-refractivity contribution in [2.75, 3.05) is 18.4 Å². The highest BCUT2D eigenvalue weighted by atomic mass is 32.2. The highest BCUT2D eigenvalue weighted by Crippen LogP contribution is 2.28. The summed E-state index contributed by atoms with van der Waals surface area (Å²) in [6.07, 6.45) is 5.38. The highest BCUT2D eigenvalue weighted by molar-refractivity contribution is 7.89. The van der Waals surface area contributed by atoms with Gasteiger partial charge in [-0.3, -0.25) is 4.79 Å². The number of nitrogens with zero attached hydrogens (tertiary/aromatic N) is 1. The van der Waals surface area contributed by atoms with Gasteiger partial charge in [0.1, 0.15) is 0 Å². The molecular formula is C23H28N2O3S. The van der Waals surface area contributed by atoms with Crippen molar-refractivity contribution in [3.63, 3.8) is 0 Å². The van der Waals surface area contributed by atoms with Crippen LogP contribution in [0.5, 0.6) is 0 Å². The van der Waals surface area contributed by atoms with E-state index in [1.807, 2.05) is 43.3 Å². The Bertz CT molecular complexity index is 1010. The summed E-state index contributed by atoms with van der Waals surface area (Å²) in [6.45, 7) is 2.75. The second-order valence-electron chi connectivity index (χ2n) is 8.17. The van der Waals surface area contributed by atoms with E-state index in [1.54, 1.807) is 6.07 Å². The molecule has 0 atom stereocenters. The van der Waals surface area contributed by atoms with Crippen molar-refractivity contribution in [1.82, 2.24) is 4.31 Å².